The third kappa shape index (κ3) is 5.05. The van der Waals surface area contributed by atoms with Crippen LogP contribution in [-0.2, 0) is 4.79 Å². The number of carbonyl (C=O) groups excluding carboxylic acids is 1. The van der Waals surface area contributed by atoms with Gasteiger partial charge in [-0.1, -0.05) is 59.6 Å². The standard InChI is InChI=1S/C17H15Cl2FINO2/c18-16(19)17(24)22-14(9-20)15(23)12-3-1-10(2-4-12)11-5-7-13(21)8-6-11/h1-8,14-16,23H,9H2,(H,22,24)/t14-,15-/m1/s1. The van der Waals surface area contributed by atoms with Crippen LogP contribution in [0.15, 0.2) is 48.5 Å². The lowest BCUT2D eigenvalue weighted by atomic mass is 9.99. The second-order valence-electron chi connectivity index (χ2n) is 5.14. The highest BCUT2D eigenvalue weighted by Crippen LogP contribution is 2.24. The van der Waals surface area contributed by atoms with E-state index < -0.39 is 29.6 Å². The predicted octanol–water partition coefficient (Wildman–Crippen LogP) is 4.25. The van der Waals surface area contributed by atoms with Gasteiger partial charge in [0.1, 0.15) is 12.8 Å². The van der Waals surface area contributed by atoms with Gasteiger partial charge < -0.3 is 10.4 Å². The van der Waals surface area contributed by atoms with Crippen LogP contribution in [0.2, 0.25) is 0 Å². The molecule has 0 unspecified atom stereocenters. The molecule has 0 aliphatic rings. The van der Waals surface area contributed by atoms with Crippen LogP contribution in [0.5, 0.6) is 0 Å². The summed E-state index contributed by atoms with van der Waals surface area (Å²) in [6.07, 6.45) is -1.20. The number of alkyl halides is 3. The summed E-state index contributed by atoms with van der Waals surface area (Å²) in [5.74, 6) is -0.740. The summed E-state index contributed by atoms with van der Waals surface area (Å²) in [7, 11) is 0. The fourth-order valence-electron chi connectivity index (χ4n) is 2.20. The van der Waals surface area contributed by atoms with Crippen LogP contribution < -0.4 is 5.32 Å². The first-order valence-corrected chi connectivity index (χ1v) is 9.06. The Morgan fingerprint density at radius 3 is 2.04 bits per heavy atom. The quantitative estimate of drug-likeness (QED) is 0.478. The highest BCUT2D eigenvalue weighted by atomic mass is 127. The number of amides is 1. The number of halogens is 4. The van der Waals surface area contributed by atoms with Crippen molar-refractivity contribution < 1.29 is 14.3 Å². The lowest BCUT2D eigenvalue weighted by Crippen LogP contribution is -2.43. The molecule has 0 aromatic heterocycles. The van der Waals surface area contributed by atoms with E-state index in [1.165, 1.54) is 0 Å². The SMILES string of the molecule is O=C(N[C@H](CF)[C@H](O)c1ccc(-c2ccc(I)cc2)cc1)C(Cl)Cl. The van der Waals surface area contributed by atoms with E-state index in [2.05, 4.69) is 27.9 Å². The molecule has 3 nitrogen and oxygen atoms in total. The van der Waals surface area contributed by atoms with Gasteiger partial charge in [-0.05, 0) is 51.4 Å². The van der Waals surface area contributed by atoms with Crippen molar-refractivity contribution in [3.05, 3.63) is 57.7 Å². The molecule has 2 N–H and O–H groups in total. The van der Waals surface area contributed by atoms with Crippen LogP contribution >= 0.6 is 45.8 Å². The molecule has 1 amide bonds. The molecule has 0 aliphatic heterocycles. The maximum Gasteiger partial charge on any atom is 0.253 e. The second-order valence-corrected chi connectivity index (χ2v) is 7.49. The molecule has 7 heteroatoms. The molecule has 2 aromatic rings. The maximum absolute atomic E-state index is 13.1. The number of hydrogen-bond acceptors (Lipinski definition) is 2. The molecule has 2 atom stereocenters. The number of aliphatic hydroxyl groups excluding tert-OH is 1. The lowest BCUT2D eigenvalue weighted by molar-refractivity contribution is -0.121. The molecule has 0 saturated heterocycles. The van der Waals surface area contributed by atoms with Gasteiger partial charge >= 0.3 is 0 Å². The second kappa shape index (κ2) is 8.99. The molecule has 0 fully saturated rings. The Morgan fingerprint density at radius 1 is 1.08 bits per heavy atom. The first kappa shape index (κ1) is 19.4. The van der Waals surface area contributed by atoms with Crippen molar-refractivity contribution >= 4 is 51.7 Å². The largest absolute Gasteiger partial charge is 0.386 e. The molecular weight excluding hydrogens is 467 g/mol. The monoisotopic (exact) mass is 481 g/mol. The topological polar surface area (TPSA) is 49.3 Å². The van der Waals surface area contributed by atoms with E-state index in [0.29, 0.717) is 5.56 Å². The molecular formula is C17H15Cl2FINO2. The molecule has 2 rings (SSSR count). The van der Waals surface area contributed by atoms with Gasteiger partial charge in [-0.3, -0.25) is 4.79 Å². The van der Waals surface area contributed by atoms with Crippen molar-refractivity contribution in [2.45, 2.75) is 17.0 Å². The zero-order valence-electron chi connectivity index (χ0n) is 12.4. The van der Waals surface area contributed by atoms with Crippen LogP contribution in [-0.4, -0.2) is 28.6 Å². The minimum Gasteiger partial charge on any atom is -0.386 e. The number of benzene rings is 2. The van der Waals surface area contributed by atoms with E-state index in [9.17, 15) is 14.3 Å². The molecule has 2 aromatic carbocycles. The third-order valence-corrected chi connectivity index (χ3v) is 4.62. The van der Waals surface area contributed by atoms with Crippen LogP contribution in [0.4, 0.5) is 4.39 Å². The van der Waals surface area contributed by atoms with Crippen LogP contribution in [0.3, 0.4) is 0 Å². The lowest BCUT2D eigenvalue weighted by Gasteiger charge is -2.22. The summed E-state index contributed by atoms with van der Waals surface area (Å²) in [6.45, 7) is -0.938. The average molecular weight is 482 g/mol. The van der Waals surface area contributed by atoms with Gasteiger partial charge in [-0.15, -0.1) is 0 Å². The van der Waals surface area contributed by atoms with Crippen molar-refractivity contribution in [3.63, 3.8) is 0 Å². The van der Waals surface area contributed by atoms with E-state index in [-0.39, 0.29) is 0 Å². The Balaban J connectivity index is 2.13. The van der Waals surface area contributed by atoms with Gasteiger partial charge in [0.15, 0.2) is 4.84 Å². The maximum atomic E-state index is 13.1. The Labute approximate surface area is 163 Å². The number of nitrogens with one attached hydrogen (secondary N) is 1. The third-order valence-electron chi connectivity index (χ3n) is 3.50. The zero-order chi connectivity index (χ0) is 17.7. The van der Waals surface area contributed by atoms with Gasteiger partial charge in [0.05, 0.1) is 6.04 Å². The smallest absolute Gasteiger partial charge is 0.253 e. The average Bonchev–Trinajstić information content (AvgIpc) is 2.59. The summed E-state index contributed by atoms with van der Waals surface area (Å²) in [6, 6.07) is 14.0. The Morgan fingerprint density at radius 2 is 1.58 bits per heavy atom. The van der Waals surface area contributed by atoms with Crippen LogP contribution in [0.1, 0.15) is 11.7 Å². The summed E-state index contributed by atoms with van der Waals surface area (Å²) in [5, 5.41) is 12.6. The Hall–Kier alpha value is -0.890. The highest BCUT2D eigenvalue weighted by Gasteiger charge is 2.25. The van der Waals surface area contributed by atoms with Crippen molar-refractivity contribution in [2.24, 2.45) is 0 Å². The predicted molar refractivity (Wildman–Crippen MR) is 103 cm³/mol. The van der Waals surface area contributed by atoms with Gasteiger partial charge in [-0.2, -0.15) is 0 Å². The van der Waals surface area contributed by atoms with E-state index in [1.807, 2.05) is 36.4 Å². The number of rotatable bonds is 6. The van der Waals surface area contributed by atoms with E-state index in [0.717, 1.165) is 14.7 Å². The first-order chi connectivity index (χ1) is 11.4. The molecule has 0 radical (unpaired) electrons. The zero-order valence-corrected chi connectivity index (χ0v) is 16.1. The van der Waals surface area contributed by atoms with Crippen molar-refractivity contribution in [3.8, 4) is 11.1 Å². The fourth-order valence-corrected chi connectivity index (χ4v) is 2.68. The summed E-state index contributed by atoms with van der Waals surface area (Å²) < 4.78 is 14.3. The minimum absolute atomic E-state index is 0.493. The van der Waals surface area contributed by atoms with E-state index in [1.54, 1.807) is 12.1 Å². The fraction of sp³-hybridized carbons (Fsp3) is 0.235. The summed E-state index contributed by atoms with van der Waals surface area (Å²) in [5.41, 5.74) is 2.51. The van der Waals surface area contributed by atoms with Crippen molar-refractivity contribution in [1.29, 1.82) is 0 Å². The summed E-state index contributed by atoms with van der Waals surface area (Å²) in [4.78, 5) is 10.2. The number of hydrogen-bond donors (Lipinski definition) is 2. The highest BCUT2D eigenvalue weighted by molar-refractivity contribution is 14.1. The molecule has 0 spiro atoms. The molecule has 0 aliphatic carbocycles. The number of aliphatic hydroxyl groups is 1. The molecule has 24 heavy (non-hydrogen) atoms. The Kier molecular flexibility index (Phi) is 7.28. The molecule has 128 valence electrons. The first-order valence-electron chi connectivity index (χ1n) is 7.11. The summed E-state index contributed by atoms with van der Waals surface area (Å²) >= 11 is 13.1. The van der Waals surface area contributed by atoms with Crippen LogP contribution in [0.25, 0.3) is 11.1 Å². The van der Waals surface area contributed by atoms with Gasteiger partial charge in [0.25, 0.3) is 5.91 Å². The minimum atomic E-state index is -1.31. The normalized spacial score (nSPS) is 13.6. The number of carbonyl (C=O) groups is 1. The molecule has 0 bridgehead atoms. The molecule has 0 saturated carbocycles. The molecule has 0 heterocycles. The van der Waals surface area contributed by atoms with Crippen molar-refractivity contribution in [1.82, 2.24) is 5.32 Å². The van der Waals surface area contributed by atoms with Crippen molar-refractivity contribution in [2.75, 3.05) is 6.67 Å². The van der Waals surface area contributed by atoms with E-state index in [4.69, 9.17) is 23.2 Å². The van der Waals surface area contributed by atoms with Gasteiger partial charge in [0.2, 0.25) is 0 Å². The van der Waals surface area contributed by atoms with E-state index >= 15 is 0 Å². The van der Waals surface area contributed by atoms with Gasteiger partial charge in [0, 0.05) is 3.57 Å². The van der Waals surface area contributed by atoms with Gasteiger partial charge in [-0.25, -0.2) is 4.39 Å². The Bertz CT molecular complexity index is 680. The van der Waals surface area contributed by atoms with Crippen LogP contribution in [0, 0.1) is 3.57 Å².